The summed E-state index contributed by atoms with van der Waals surface area (Å²) in [5.74, 6) is -1.15. The summed E-state index contributed by atoms with van der Waals surface area (Å²) in [4.78, 5) is 29.0. The number of carbonyl (C=O) groups excluding carboxylic acids is 2. The number of hydrogen-bond acceptors (Lipinski definition) is 6. The first-order valence-electron chi connectivity index (χ1n) is 10.5. The highest BCUT2D eigenvalue weighted by Gasteiger charge is 2.36. The number of nitrogens with zero attached hydrogens (tertiary/aromatic N) is 2. The number of carbonyl (C=O) groups is 2. The zero-order valence-corrected chi connectivity index (χ0v) is 20.0. The SMILES string of the molecule is CC(OC(=O)c1cccc(S(=O)(=O)N2c3ccccc3CC2C)c1)C(=O)Nc1ccc(Cl)cn1. The van der Waals surface area contributed by atoms with Crippen molar-refractivity contribution in [1.82, 2.24) is 4.98 Å². The lowest BCUT2D eigenvalue weighted by Crippen LogP contribution is -2.35. The van der Waals surface area contributed by atoms with Crippen LogP contribution in [0.25, 0.3) is 0 Å². The van der Waals surface area contributed by atoms with Gasteiger partial charge in [0.1, 0.15) is 5.82 Å². The van der Waals surface area contributed by atoms with Gasteiger partial charge in [0.15, 0.2) is 6.10 Å². The van der Waals surface area contributed by atoms with Crippen LogP contribution in [0.4, 0.5) is 11.5 Å². The second-order valence-corrected chi connectivity index (χ2v) is 10.2. The standard InChI is InChI=1S/C24H22ClN3O5S/c1-15-12-17-6-3-4-9-21(17)28(15)34(31,32)20-8-5-7-18(13-20)24(30)33-16(2)23(29)27-22-11-10-19(25)14-26-22/h3-11,13-16H,12H2,1-2H3,(H,26,27,29). The van der Waals surface area contributed by atoms with E-state index in [1.807, 2.05) is 19.1 Å². The second kappa shape index (κ2) is 9.44. The smallest absolute Gasteiger partial charge is 0.338 e. The Morgan fingerprint density at radius 3 is 2.65 bits per heavy atom. The fourth-order valence-electron chi connectivity index (χ4n) is 3.76. The summed E-state index contributed by atoms with van der Waals surface area (Å²) in [7, 11) is -3.92. The summed E-state index contributed by atoms with van der Waals surface area (Å²) in [6.45, 7) is 3.25. The molecule has 1 aliphatic rings. The molecule has 3 aromatic rings. The summed E-state index contributed by atoms with van der Waals surface area (Å²) in [5.41, 5.74) is 1.60. The van der Waals surface area contributed by atoms with Gasteiger partial charge >= 0.3 is 5.97 Å². The fraction of sp³-hybridized carbons (Fsp3) is 0.208. The minimum atomic E-state index is -3.92. The number of nitrogens with one attached hydrogen (secondary N) is 1. The maximum Gasteiger partial charge on any atom is 0.338 e. The van der Waals surface area contributed by atoms with E-state index in [0.29, 0.717) is 17.1 Å². The molecule has 0 bridgehead atoms. The highest BCUT2D eigenvalue weighted by Crippen LogP contribution is 2.36. The van der Waals surface area contributed by atoms with E-state index in [2.05, 4.69) is 10.3 Å². The van der Waals surface area contributed by atoms with Gasteiger partial charge in [-0.05, 0) is 62.2 Å². The van der Waals surface area contributed by atoms with Gasteiger partial charge in [0, 0.05) is 12.2 Å². The Hall–Kier alpha value is -3.43. The molecule has 34 heavy (non-hydrogen) atoms. The quantitative estimate of drug-likeness (QED) is 0.513. The highest BCUT2D eigenvalue weighted by atomic mass is 35.5. The van der Waals surface area contributed by atoms with E-state index in [1.54, 1.807) is 18.2 Å². The third-order valence-corrected chi connectivity index (χ3v) is 7.55. The molecule has 1 amide bonds. The predicted octanol–water partition coefficient (Wildman–Crippen LogP) is 4.06. The first-order chi connectivity index (χ1) is 16.2. The molecule has 8 nitrogen and oxygen atoms in total. The number of hydrogen-bond donors (Lipinski definition) is 1. The molecule has 1 aromatic heterocycles. The van der Waals surface area contributed by atoms with Crippen LogP contribution in [0.3, 0.4) is 0 Å². The first kappa shape index (κ1) is 23.7. The minimum Gasteiger partial charge on any atom is -0.449 e. The summed E-state index contributed by atoms with van der Waals surface area (Å²) in [6.07, 6.45) is 0.835. The van der Waals surface area contributed by atoms with Crippen molar-refractivity contribution in [2.75, 3.05) is 9.62 Å². The fourth-order valence-corrected chi connectivity index (χ4v) is 5.61. The summed E-state index contributed by atoms with van der Waals surface area (Å²) in [5, 5.41) is 2.94. The molecule has 0 radical (unpaired) electrons. The van der Waals surface area contributed by atoms with Crippen LogP contribution in [-0.2, 0) is 26.0 Å². The summed E-state index contributed by atoms with van der Waals surface area (Å²) >= 11 is 5.78. The van der Waals surface area contributed by atoms with E-state index in [4.69, 9.17) is 16.3 Å². The number of sulfonamides is 1. The van der Waals surface area contributed by atoms with Crippen molar-refractivity contribution in [3.8, 4) is 0 Å². The average Bonchev–Trinajstić information content (AvgIpc) is 3.17. The van der Waals surface area contributed by atoms with Crippen molar-refractivity contribution in [1.29, 1.82) is 0 Å². The molecule has 0 aliphatic carbocycles. The molecule has 10 heteroatoms. The Labute approximate surface area is 202 Å². The maximum absolute atomic E-state index is 13.4. The monoisotopic (exact) mass is 499 g/mol. The lowest BCUT2D eigenvalue weighted by Gasteiger charge is -2.24. The molecular weight excluding hydrogens is 478 g/mol. The molecule has 0 saturated carbocycles. The van der Waals surface area contributed by atoms with Gasteiger partial charge in [0.05, 0.1) is 21.2 Å². The van der Waals surface area contributed by atoms with Crippen LogP contribution in [0.2, 0.25) is 5.02 Å². The van der Waals surface area contributed by atoms with Crippen molar-refractivity contribution in [3.05, 3.63) is 83.0 Å². The van der Waals surface area contributed by atoms with Crippen LogP contribution in [0.5, 0.6) is 0 Å². The highest BCUT2D eigenvalue weighted by molar-refractivity contribution is 7.92. The van der Waals surface area contributed by atoms with E-state index in [1.165, 1.54) is 47.8 Å². The van der Waals surface area contributed by atoms with Crippen LogP contribution in [0.15, 0.2) is 71.8 Å². The van der Waals surface area contributed by atoms with E-state index in [-0.39, 0.29) is 22.3 Å². The van der Waals surface area contributed by atoms with Gasteiger partial charge < -0.3 is 10.1 Å². The van der Waals surface area contributed by atoms with Gasteiger partial charge in [-0.1, -0.05) is 35.9 Å². The normalized spacial score (nSPS) is 16.0. The molecule has 0 fully saturated rings. The molecule has 1 N–H and O–H groups in total. The molecule has 0 saturated heterocycles. The van der Waals surface area contributed by atoms with E-state index in [9.17, 15) is 18.0 Å². The van der Waals surface area contributed by atoms with Crippen LogP contribution in [0.1, 0.15) is 29.8 Å². The third kappa shape index (κ3) is 4.76. The topological polar surface area (TPSA) is 106 Å². The third-order valence-electron chi connectivity index (χ3n) is 5.40. The summed E-state index contributed by atoms with van der Waals surface area (Å²) < 4.78 is 33.5. The Morgan fingerprint density at radius 1 is 1.15 bits per heavy atom. The largest absolute Gasteiger partial charge is 0.449 e. The lowest BCUT2D eigenvalue weighted by atomic mass is 10.1. The van der Waals surface area contributed by atoms with E-state index < -0.39 is 28.0 Å². The van der Waals surface area contributed by atoms with Gasteiger partial charge in [0.2, 0.25) is 0 Å². The molecule has 2 atom stereocenters. The maximum atomic E-state index is 13.4. The summed E-state index contributed by atoms with van der Waals surface area (Å²) in [6, 6.07) is 15.8. The van der Waals surface area contributed by atoms with Gasteiger partial charge in [0.25, 0.3) is 15.9 Å². The lowest BCUT2D eigenvalue weighted by molar-refractivity contribution is -0.123. The molecule has 4 rings (SSSR count). The number of ether oxygens (including phenoxy) is 1. The molecule has 2 heterocycles. The van der Waals surface area contributed by atoms with Crippen molar-refractivity contribution < 1.29 is 22.7 Å². The Kier molecular flexibility index (Phi) is 6.58. The number of anilines is 2. The van der Waals surface area contributed by atoms with Crippen LogP contribution in [0, 0.1) is 0 Å². The minimum absolute atomic E-state index is 0.0190. The average molecular weight is 500 g/mol. The number of benzene rings is 2. The Balaban J connectivity index is 1.50. The van der Waals surface area contributed by atoms with Crippen LogP contribution >= 0.6 is 11.6 Å². The van der Waals surface area contributed by atoms with Crippen LogP contribution in [-0.4, -0.2) is 37.4 Å². The van der Waals surface area contributed by atoms with Gasteiger partial charge in [-0.15, -0.1) is 0 Å². The number of amides is 1. The molecular formula is C24H22ClN3O5S. The van der Waals surface area contributed by atoms with Crippen molar-refractivity contribution >= 4 is 45.0 Å². The zero-order chi connectivity index (χ0) is 24.5. The molecule has 2 aromatic carbocycles. The number of esters is 1. The molecule has 176 valence electrons. The number of para-hydroxylation sites is 1. The number of rotatable bonds is 6. The van der Waals surface area contributed by atoms with Crippen molar-refractivity contribution in [2.45, 2.75) is 37.3 Å². The Bertz CT molecular complexity index is 1340. The number of fused-ring (bicyclic) bond motifs is 1. The number of halogens is 1. The zero-order valence-electron chi connectivity index (χ0n) is 18.4. The predicted molar refractivity (Wildman–Crippen MR) is 128 cm³/mol. The second-order valence-electron chi connectivity index (χ2n) is 7.91. The van der Waals surface area contributed by atoms with E-state index in [0.717, 1.165) is 5.56 Å². The van der Waals surface area contributed by atoms with Crippen molar-refractivity contribution in [3.63, 3.8) is 0 Å². The van der Waals surface area contributed by atoms with Gasteiger partial charge in [-0.2, -0.15) is 0 Å². The molecule has 1 aliphatic heterocycles. The van der Waals surface area contributed by atoms with Crippen LogP contribution < -0.4 is 9.62 Å². The van der Waals surface area contributed by atoms with E-state index >= 15 is 0 Å². The number of pyridine rings is 1. The Morgan fingerprint density at radius 2 is 1.91 bits per heavy atom. The molecule has 2 unspecified atom stereocenters. The van der Waals surface area contributed by atoms with Gasteiger partial charge in [-0.25, -0.2) is 18.2 Å². The molecule has 0 spiro atoms. The number of aromatic nitrogens is 1. The van der Waals surface area contributed by atoms with Crippen molar-refractivity contribution in [2.24, 2.45) is 0 Å². The van der Waals surface area contributed by atoms with Gasteiger partial charge in [-0.3, -0.25) is 9.10 Å². The first-order valence-corrected chi connectivity index (χ1v) is 12.3.